The molecular weight excluding hydrogens is 137 g/mol. The third-order valence-electron chi connectivity index (χ3n) is 1.18. The molecule has 0 aromatic carbocycles. The summed E-state index contributed by atoms with van der Waals surface area (Å²) >= 11 is 0. The van der Waals surface area contributed by atoms with Gasteiger partial charge >= 0.3 is 0 Å². The Bertz CT molecular complexity index is 172. The number of pyridine rings is 1. The molecule has 53 valence electrons. The average Bonchev–Trinajstić information content (AvgIpc) is 1.90. The first-order valence-corrected chi connectivity index (χ1v) is 3.02. The molecule has 0 aliphatic carbocycles. The zero-order valence-corrected chi connectivity index (χ0v) is 5.76. The Morgan fingerprint density at radius 2 is 2.00 bits per heavy atom. The van der Waals surface area contributed by atoms with Crippen molar-refractivity contribution in [1.82, 2.24) is 4.98 Å². The minimum Gasteiger partial charge on any atom is -0.261 e. The number of hydrogen-bond donors (Lipinski definition) is 0. The number of nitrogens with zero attached hydrogens (tertiary/aromatic N) is 1. The van der Waals surface area contributed by atoms with Gasteiger partial charge in [0.15, 0.2) is 17.4 Å². The maximum absolute atomic E-state index is 4.14. The lowest BCUT2D eigenvalue weighted by atomic mass is 10.1. The molecule has 0 saturated heterocycles. The summed E-state index contributed by atoms with van der Waals surface area (Å²) in [6, 6.07) is 5.93. The van der Waals surface area contributed by atoms with Crippen LogP contribution in [0.15, 0.2) is 24.4 Å². The van der Waals surface area contributed by atoms with Gasteiger partial charge < -0.3 is 0 Å². The van der Waals surface area contributed by atoms with Gasteiger partial charge in [-0.3, -0.25) is 4.98 Å². The summed E-state index contributed by atoms with van der Waals surface area (Å²) < 4.78 is 0. The maximum Gasteiger partial charge on any atom is 0.187 e. The van der Waals surface area contributed by atoms with Gasteiger partial charge in [-0.15, -0.1) is 0 Å². The Kier molecular flexibility index (Phi) is 4.35. The summed E-state index contributed by atoms with van der Waals surface area (Å²) in [6.45, 7) is 4.12. The van der Waals surface area contributed by atoms with E-state index in [9.17, 15) is 0 Å². The van der Waals surface area contributed by atoms with Gasteiger partial charge in [0.1, 0.15) is 0 Å². The second kappa shape index (κ2) is 4.49. The Labute approximate surface area is 72.6 Å². The highest BCUT2D eigenvalue weighted by molar-refractivity contribution is 5.75. The van der Waals surface area contributed by atoms with Crippen molar-refractivity contribution in [3.8, 4) is 0 Å². The monoisotopic (exact) mass is 150 g/mol. The summed E-state index contributed by atoms with van der Waals surface area (Å²) in [7, 11) is 0. The summed E-state index contributed by atoms with van der Waals surface area (Å²) in [5.74, 6) is 1.26. The zero-order valence-electron chi connectivity index (χ0n) is 5.76. The fourth-order valence-electron chi connectivity index (χ4n) is 0.659. The second-order valence-electron chi connectivity index (χ2n) is 2.21. The van der Waals surface area contributed by atoms with Crippen LogP contribution in [-0.4, -0.2) is 22.3 Å². The van der Waals surface area contributed by atoms with Crippen molar-refractivity contribution in [3.63, 3.8) is 0 Å². The first-order valence-electron chi connectivity index (χ1n) is 3.02. The van der Waals surface area contributed by atoms with E-state index >= 15 is 0 Å². The van der Waals surface area contributed by atoms with Crippen LogP contribution in [-0.2, 0) is 0 Å². The molecule has 0 aliphatic heterocycles. The van der Waals surface area contributed by atoms with Crippen molar-refractivity contribution in [1.29, 1.82) is 0 Å². The largest absolute Gasteiger partial charge is 0.261 e. The van der Waals surface area contributed by atoms with Crippen LogP contribution in [0.1, 0.15) is 19.5 Å². The lowest BCUT2D eigenvalue weighted by molar-refractivity contribution is 1.06. The predicted octanol–water partition coefficient (Wildman–Crippen LogP) is 0.860. The van der Waals surface area contributed by atoms with Crippen LogP contribution in [0.3, 0.4) is 0 Å². The Hall–Kier alpha value is -0.318. The van der Waals surface area contributed by atoms with E-state index in [0.717, 1.165) is 5.69 Å². The second-order valence-corrected chi connectivity index (χ2v) is 2.21. The summed E-state index contributed by atoms with van der Waals surface area (Å²) in [6.07, 6.45) is 1.81. The van der Waals surface area contributed by atoms with E-state index < -0.39 is 0 Å². The molecule has 1 rings (SSSR count). The Balaban J connectivity index is 0.000000810. The predicted molar refractivity (Wildman–Crippen MR) is 47.9 cm³/mol. The minimum atomic E-state index is 0. The molecule has 0 atom stereocenters. The van der Waals surface area contributed by atoms with Crippen molar-refractivity contribution in [2.45, 2.75) is 13.8 Å². The molecule has 1 radical (unpaired) electrons. The van der Waals surface area contributed by atoms with Gasteiger partial charge in [0.25, 0.3) is 0 Å². The van der Waals surface area contributed by atoms with E-state index in [0.29, 0.717) is 0 Å². The van der Waals surface area contributed by atoms with Gasteiger partial charge in [-0.2, -0.15) is 0 Å². The maximum atomic E-state index is 4.14. The molecule has 0 aliphatic rings. The molecule has 2 heteroatoms. The van der Waals surface area contributed by atoms with Crippen LogP contribution < -0.4 is 0 Å². The molecule has 1 aromatic rings. The highest BCUT2D eigenvalue weighted by Gasteiger charge is 1.96. The highest BCUT2D eigenvalue weighted by Crippen LogP contribution is 2.07. The average molecular weight is 150 g/mol. The summed E-state index contributed by atoms with van der Waals surface area (Å²) in [5, 5.41) is 0. The number of aromatic nitrogens is 1. The third-order valence-corrected chi connectivity index (χ3v) is 1.18. The SMILES string of the molecule is C[C](C)c1ccccn1.[AlH3]. The van der Waals surface area contributed by atoms with Crippen molar-refractivity contribution < 1.29 is 0 Å². The van der Waals surface area contributed by atoms with Gasteiger partial charge in [0.05, 0.1) is 0 Å². The smallest absolute Gasteiger partial charge is 0.187 e. The van der Waals surface area contributed by atoms with E-state index in [-0.39, 0.29) is 17.4 Å². The normalized spacial score (nSPS) is 9.10. The lowest BCUT2D eigenvalue weighted by Gasteiger charge is -1.99. The zero-order chi connectivity index (χ0) is 6.69. The van der Waals surface area contributed by atoms with Gasteiger partial charge in [-0.25, -0.2) is 0 Å². The van der Waals surface area contributed by atoms with Crippen LogP contribution in [0.4, 0.5) is 0 Å². The fraction of sp³-hybridized carbons (Fsp3) is 0.250. The molecule has 0 fully saturated rings. The van der Waals surface area contributed by atoms with Crippen LogP contribution in [0.25, 0.3) is 0 Å². The van der Waals surface area contributed by atoms with E-state index in [2.05, 4.69) is 18.8 Å². The van der Waals surface area contributed by atoms with Crippen LogP contribution in [0, 0.1) is 5.92 Å². The van der Waals surface area contributed by atoms with E-state index in [1.54, 1.807) is 0 Å². The molecule has 0 spiro atoms. The molecular formula is C8H13AlN. The van der Waals surface area contributed by atoms with Crippen molar-refractivity contribution in [2.24, 2.45) is 0 Å². The Morgan fingerprint density at radius 1 is 1.30 bits per heavy atom. The molecule has 0 saturated carbocycles. The molecule has 1 nitrogen and oxygen atoms in total. The van der Waals surface area contributed by atoms with E-state index in [1.807, 2.05) is 24.4 Å². The quantitative estimate of drug-likeness (QED) is 0.541. The first kappa shape index (κ1) is 9.68. The summed E-state index contributed by atoms with van der Waals surface area (Å²) in [4.78, 5) is 4.14. The van der Waals surface area contributed by atoms with E-state index in [1.165, 1.54) is 5.92 Å². The van der Waals surface area contributed by atoms with Gasteiger partial charge in [0, 0.05) is 17.8 Å². The van der Waals surface area contributed by atoms with Crippen LogP contribution in [0.5, 0.6) is 0 Å². The van der Waals surface area contributed by atoms with Crippen LogP contribution >= 0.6 is 0 Å². The van der Waals surface area contributed by atoms with Gasteiger partial charge in [-0.05, 0) is 12.1 Å². The Morgan fingerprint density at radius 3 is 2.30 bits per heavy atom. The van der Waals surface area contributed by atoms with Gasteiger partial charge in [-0.1, -0.05) is 19.9 Å². The fourth-order valence-corrected chi connectivity index (χ4v) is 0.659. The summed E-state index contributed by atoms with van der Waals surface area (Å²) in [5.41, 5.74) is 1.08. The van der Waals surface area contributed by atoms with Crippen molar-refractivity contribution >= 4 is 17.4 Å². The lowest BCUT2D eigenvalue weighted by Crippen LogP contribution is -1.89. The van der Waals surface area contributed by atoms with Crippen molar-refractivity contribution in [2.75, 3.05) is 0 Å². The standard InChI is InChI=1S/C8H10N.Al.3H/c1-7(2)8-5-3-4-6-9-8;;;;/h3-6H,1-2H3;;;;. The molecule has 0 bridgehead atoms. The van der Waals surface area contributed by atoms with Crippen molar-refractivity contribution in [3.05, 3.63) is 36.0 Å². The minimum absolute atomic E-state index is 0. The molecule has 1 heterocycles. The third kappa shape index (κ3) is 2.51. The molecule has 0 N–H and O–H groups in total. The van der Waals surface area contributed by atoms with Crippen LogP contribution in [0.2, 0.25) is 0 Å². The number of hydrogen-bond acceptors (Lipinski definition) is 1. The topological polar surface area (TPSA) is 12.9 Å². The highest BCUT2D eigenvalue weighted by atomic mass is 27.0. The molecule has 0 amide bonds. The van der Waals surface area contributed by atoms with E-state index in [4.69, 9.17) is 0 Å². The number of rotatable bonds is 1. The molecule has 1 aromatic heterocycles. The molecule has 10 heavy (non-hydrogen) atoms. The first-order chi connectivity index (χ1) is 4.30. The molecule has 0 unspecified atom stereocenters. The van der Waals surface area contributed by atoms with Gasteiger partial charge in [0.2, 0.25) is 0 Å².